The fourth-order valence-corrected chi connectivity index (χ4v) is 5.58. The van der Waals surface area contributed by atoms with E-state index in [4.69, 9.17) is 9.84 Å². The molecular formula is C32H35N3O2. The minimum absolute atomic E-state index is 0.0609. The van der Waals surface area contributed by atoms with Crippen molar-refractivity contribution in [3.63, 3.8) is 0 Å². The van der Waals surface area contributed by atoms with Crippen LogP contribution < -0.4 is 10.1 Å². The Morgan fingerprint density at radius 3 is 2.32 bits per heavy atom. The van der Waals surface area contributed by atoms with Crippen molar-refractivity contribution in [2.75, 3.05) is 7.11 Å². The third-order valence-electron chi connectivity index (χ3n) is 7.43. The van der Waals surface area contributed by atoms with E-state index in [9.17, 15) is 4.79 Å². The summed E-state index contributed by atoms with van der Waals surface area (Å²) in [6.45, 7) is 2.14. The summed E-state index contributed by atoms with van der Waals surface area (Å²) in [6, 6.07) is 28.3. The molecule has 1 N–H and O–H groups in total. The van der Waals surface area contributed by atoms with Gasteiger partial charge in [-0.3, -0.25) is 4.79 Å². The lowest BCUT2D eigenvalue weighted by Gasteiger charge is -2.39. The zero-order valence-corrected chi connectivity index (χ0v) is 21.7. The van der Waals surface area contributed by atoms with Gasteiger partial charge in [0.25, 0.3) is 5.91 Å². The Balaban J connectivity index is 1.64. The van der Waals surface area contributed by atoms with E-state index in [0.29, 0.717) is 5.56 Å². The fourth-order valence-electron chi connectivity index (χ4n) is 5.58. The highest BCUT2D eigenvalue weighted by atomic mass is 16.5. The number of methoxy groups -OCH3 is 1. The summed E-state index contributed by atoms with van der Waals surface area (Å²) in [5.41, 5.74) is 4.92. The molecule has 37 heavy (non-hydrogen) atoms. The van der Waals surface area contributed by atoms with Gasteiger partial charge in [0.2, 0.25) is 0 Å². The zero-order valence-electron chi connectivity index (χ0n) is 21.7. The first-order chi connectivity index (χ1) is 18.1. The molecule has 1 aliphatic rings. The molecule has 0 unspecified atom stereocenters. The van der Waals surface area contributed by atoms with Crippen LogP contribution in [0.1, 0.15) is 67.1 Å². The molecular weight excluding hydrogens is 458 g/mol. The molecule has 1 aromatic heterocycles. The third-order valence-corrected chi connectivity index (χ3v) is 7.43. The van der Waals surface area contributed by atoms with Crippen molar-refractivity contribution < 1.29 is 9.53 Å². The third kappa shape index (κ3) is 5.04. The minimum Gasteiger partial charge on any atom is -0.497 e. The van der Waals surface area contributed by atoms with Gasteiger partial charge in [-0.2, -0.15) is 5.10 Å². The average molecular weight is 494 g/mol. The maximum atomic E-state index is 14.4. The lowest BCUT2D eigenvalue weighted by molar-refractivity contribution is 0.0865. The van der Waals surface area contributed by atoms with Gasteiger partial charge in [-0.05, 0) is 49.1 Å². The Bertz CT molecular complexity index is 1340. The molecule has 0 spiro atoms. The van der Waals surface area contributed by atoms with Crippen LogP contribution in [-0.2, 0) is 12.0 Å². The van der Waals surface area contributed by atoms with Crippen molar-refractivity contribution in [3.05, 3.63) is 102 Å². The van der Waals surface area contributed by atoms with Gasteiger partial charge in [-0.25, -0.2) is 4.68 Å². The van der Waals surface area contributed by atoms with E-state index < -0.39 is 5.54 Å². The summed E-state index contributed by atoms with van der Waals surface area (Å²) in [7, 11) is 1.69. The molecule has 4 aromatic rings. The van der Waals surface area contributed by atoms with Crippen LogP contribution in [0.15, 0.2) is 84.9 Å². The lowest BCUT2D eigenvalue weighted by atomic mass is 9.76. The van der Waals surface area contributed by atoms with Crippen molar-refractivity contribution in [1.82, 2.24) is 15.1 Å². The molecule has 1 saturated carbocycles. The largest absolute Gasteiger partial charge is 0.497 e. The predicted octanol–water partition coefficient (Wildman–Crippen LogP) is 7.09. The number of rotatable bonds is 8. The van der Waals surface area contributed by atoms with Gasteiger partial charge in [-0.1, -0.05) is 93.3 Å². The predicted molar refractivity (Wildman–Crippen MR) is 148 cm³/mol. The first-order valence-electron chi connectivity index (χ1n) is 13.3. The number of amides is 1. The summed E-state index contributed by atoms with van der Waals surface area (Å²) in [6.07, 6.45) is 6.81. The molecule has 1 aliphatic carbocycles. The Morgan fingerprint density at radius 2 is 1.65 bits per heavy atom. The number of carbonyl (C=O) groups is 1. The Labute approximate surface area is 219 Å². The van der Waals surface area contributed by atoms with Crippen LogP contribution in [-0.4, -0.2) is 22.8 Å². The van der Waals surface area contributed by atoms with Crippen LogP contribution in [0.25, 0.3) is 16.9 Å². The van der Waals surface area contributed by atoms with E-state index in [-0.39, 0.29) is 5.91 Å². The van der Waals surface area contributed by atoms with Gasteiger partial charge in [-0.15, -0.1) is 0 Å². The second-order valence-electron chi connectivity index (χ2n) is 9.86. The van der Waals surface area contributed by atoms with Gasteiger partial charge in [0.1, 0.15) is 11.4 Å². The monoisotopic (exact) mass is 493 g/mol. The van der Waals surface area contributed by atoms with Crippen LogP contribution in [0.5, 0.6) is 5.75 Å². The molecule has 1 heterocycles. The number of aromatic nitrogens is 2. The molecule has 5 heteroatoms. The minimum atomic E-state index is -0.434. The quantitative estimate of drug-likeness (QED) is 0.285. The van der Waals surface area contributed by atoms with Crippen LogP contribution in [0.3, 0.4) is 0 Å². The number of para-hydroxylation sites is 1. The van der Waals surface area contributed by atoms with Crippen LogP contribution in [0, 0.1) is 0 Å². The first kappa shape index (κ1) is 24.8. The van der Waals surface area contributed by atoms with Gasteiger partial charge < -0.3 is 10.1 Å². The standard InChI is InChI=1S/C32H35N3O2/c1-3-14-28-29(30(24-15-7-4-8-16-24)34-35(28)26-18-9-5-10-19-26)31(36)33-32(21-11-6-12-22-32)25-17-13-20-27(23-25)37-2/h4-5,7-10,13,15-20,23H,3,6,11-12,14,21-22H2,1-2H3,(H,33,36). The maximum Gasteiger partial charge on any atom is 0.256 e. The number of carbonyl (C=O) groups excluding carboxylic acids is 1. The van der Waals surface area contributed by atoms with E-state index in [1.165, 1.54) is 6.42 Å². The topological polar surface area (TPSA) is 56.1 Å². The summed E-state index contributed by atoms with van der Waals surface area (Å²) in [4.78, 5) is 14.4. The highest BCUT2D eigenvalue weighted by molar-refractivity contribution is 6.02. The van der Waals surface area contributed by atoms with Crippen LogP contribution in [0.4, 0.5) is 0 Å². The fraction of sp³-hybridized carbons (Fsp3) is 0.312. The number of nitrogens with one attached hydrogen (secondary N) is 1. The lowest BCUT2D eigenvalue weighted by Crippen LogP contribution is -2.47. The highest BCUT2D eigenvalue weighted by Crippen LogP contribution is 2.39. The normalized spacial score (nSPS) is 14.8. The van der Waals surface area contributed by atoms with E-state index in [1.54, 1.807) is 7.11 Å². The molecule has 0 radical (unpaired) electrons. The summed E-state index contributed by atoms with van der Waals surface area (Å²) >= 11 is 0. The summed E-state index contributed by atoms with van der Waals surface area (Å²) < 4.78 is 7.49. The summed E-state index contributed by atoms with van der Waals surface area (Å²) in [5, 5.41) is 8.58. The van der Waals surface area contributed by atoms with Crippen molar-refractivity contribution in [1.29, 1.82) is 0 Å². The Morgan fingerprint density at radius 1 is 0.946 bits per heavy atom. The molecule has 5 rings (SSSR count). The second kappa shape index (κ2) is 11.0. The smallest absolute Gasteiger partial charge is 0.256 e. The number of hydrogen-bond donors (Lipinski definition) is 1. The molecule has 1 fully saturated rings. The highest BCUT2D eigenvalue weighted by Gasteiger charge is 2.37. The molecule has 1 amide bonds. The molecule has 0 atom stereocenters. The van der Waals surface area contributed by atoms with Crippen molar-refractivity contribution >= 4 is 5.91 Å². The van der Waals surface area contributed by atoms with Gasteiger partial charge in [0.05, 0.1) is 29.6 Å². The Kier molecular flexibility index (Phi) is 7.40. The van der Waals surface area contributed by atoms with Gasteiger partial charge in [0.15, 0.2) is 0 Å². The molecule has 0 saturated heterocycles. The van der Waals surface area contributed by atoms with E-state index in [2.05, 4.69) is 24.4 Å². The zero-order chi connectivity index (χ0) is 25.7. The maximum absolute atomic E-state index is 14.4. The molecule has 5 nitrogen and oxygen atoms in total. The van der Waals surface area contributed by atoms with E-state index >= 15 is 0 Å². The molecule has 190 valence electrons. The SMILES string of the molecule is CCCc1c(C(=O)NC2(c3cccc(OC)c3)CCCCC2)c(-c2ccccc2)nn1-c1ccccc1. The van der Waals surface area contributed by atoms with Crippen LogP contribution in [0.2, 0.25) is 0 Å². The number of hydrogen-bond acceptors (Lipinski definition) is 3. The average Bonchev–Trinajstić information content (AvgIpc) is 3.34. The molecule has 0 bridgehead atoms. The van der Waals surface area contributed by atoms with Gasteiger partial charge in [0, 0.05) is 5.56 Å². The first-order valence-corrected chi connectivity index (χ1v) is 13.3. The summed E-state index contributed by atoms with van der Waals surface area (Å²) in [5.74, 6) is 0.749. The van der Waals surface area contributed by atoms with Crippen molar-refractivity contribution in [3.8, 4) is 22.7 Å². The van der Waals surface area contributed by atoms with E-state index in [1.807, 2.05) is 77.5 Å². The van der Waals surface area contributed by atoms with Gasteiger partial charge >= 0.3 is 0 Å². The number of ether oxygens (including phenoxy) is 1. The molecule has 0 aliphatic heterocycles. The second-order valence-corrected chi connectivity index (χ2v) is 9.86. The number of benzene rings is 3. The van der Waals surface area contributed by atoms with Crippen molar-refractivity contribution in [2.45, 2.75) is 57.4 Å². The number of nitrogens with zero attached hydrogens (tertiary/aromatic N) is 2. The van der Waals surface area contributed by atoms with Crippen molar-refractivity contribution in [2.24, 2.45) is 0 Å². The molecule has 3 aromatic carbocycles. The van der Waals surface area contributed by atoms with E-state index in [0.717, 1.165) is 72.5 Å². The Hall–Kier alpha value is -3.86. The van der Waals surface area contributed by atoms with Crippen LogP contribution >= 0.6 is 0 Å².